The maximum Gasteiger partial charge on any atom is 0.309 e. The molecule has 0 aliphatic heterocycles. The molecule has 1 aliphatic rings. The second-order valence-electron chi connectivity index (χ2n) is 7.18. The van der Waals surface area contributed by atoms with Crippen LogP contribution in [0.5, 0.6) is 0 Å². The molecule has 0 bridgehead atoms. The number of aromatic nitrogens is 1. The molecule has 128 valence electrons. The third kappa shape index (κ3) is 5.57. The van der Waals surface area contributed by atoms with Crippen molar-refractivity contribution in [3.05, 3.63) is 17.3 Å². The molecule has 6 heteroatoms. The zero-order chi connectivity index (χ0) is 17.0. The van der Waals surface area contributed by atoms with Crippen LogP contribution < -0.4 is 11.1 Å². The summed E-state index contributed by atoms with van der Waals surface area (Å²) < 4.78 is 5.55. The molecule has 2 atom stereocenters. The van der Waals surface area contributed by atoms with Crippen LogP contribution in [0, 0.1) is 5.92 Å². The highest BCUT2D eigenvalue weighted by atomic mass is 35.5. The van der Waals surface area contributed by atoms with Crippen LogP contribution in [0.15, 0.2) is 12.3 Å². The van der Waals surface area contributed by atoms with E-state index in [2.05, 4.69) is 10.3 Å². The molecule has 0 unspecified atom stereocenters. The van der Waals surface area contributed by atoms with Gasteiger partial charge in [0.1, 0.15) is 11.4 Å². The molecular formula is C17H26ClN3O2. The number of hydrogen-bond acceptors (Lipinski definition) is 5. The fourth-order valence-electron chi connectivity index (χ4n) is 2.86. The lowest BCUT2D eigenvalue weighted by Crippen LogP contribution is -2.31. The lowest BCUT2D eigenvalue weighted by molar-refractivity contribution is -0.160. The second-order valence-corrected chi connectivity index (χ2v) is 7.62. The van der Waals surface area contributed by atoms with E-state index in [4.69, 9.17) is 22.1 Å². The molecule has 0 saturated heterocycles. The average Bonchev–Trinajstić information content (AvgIpc) is 2.66. The highest BCUT2D eigenvalue weighted by molar-refractivity contribution is 6.30. The summed E-state index contributed by atoms with van der Waals surface area (Å²) in [6, 6.07) is 1.84. The number of hydrogen-bond donors (Lipinski definition) is 2. The first-order valence-corrected chi connectivity index (χ1v) is 8.53. The van der Waals surface area contributed by atoms with Gasteiger partial charge in [-0.05, 0) is 46.1 Å². The van der Waals surface area contributed by atoms with Gasteiger partial charge < -0.3 is 15.8 Å². The van der Waals surface area contributed by atoms with Crippen molar-refractivity contribution >= 4 is 29.1 Å². The Morgan fingerprint density at radius 1 is 1.39 bits per heavy atom. The van der Waals surface area contributed by atoms with Gasteiger partial charge in [0.05, 0.1) is 16.6 Å². The lowest BCUT2D eigenvalue weighted by Gasteiger charge is -2.25. The molecule has 0 aromatic carbocycles. The Hall–Kier alpha value is -1.49. The maximum absolute atomic E-state index is 12.4. The van der Waals surface area contributed by atoms with Crippen LogP contribution in [0.4, 0.5) is 11.5 Å². The normalized spacial score (nSPS) is 22.3. The van der Waals surface area contributed by atoms with Crippen LogP contribution in [0.3, 0.4) is 0 Å². The molecule has 1 fully saturated rings. The predicted octanol–water partition coefficient (Wildman–Crippen LogP) is 4.02. The van der Waals surface area contributed by atoms with Crippen molar-refractivity contribution < 1.29 is 9.53 Å². The van der Waals surface area contributed by atoms with Crippen LogP contribution in [0.1, 0.15) is 52.9 Å². The summed E-state index contributed by atoms with van der Waals surface area (Å²) in [5.74, 6) is 0.440. The summed E-state index contributed by atoms with van der Waals surface area (Å²) in [6.45, 7) is 5.70. The number of nitrogen functional groups attached to an aromatic ring is 1. The van der Waals surface area contributed by atoms with Crippen LogP contribution in [0.25, 0.3) is 0 Å². The van der Waals surface area contributed by atoms with Crippen LogP contribution >= 0.6 is 11.6 Å². The van der Waals surface area contributed by atoms with Gasteiger partial charge in [0.2, 0.25) is 0 Å². The van der Waals surface area contributed by atoms with Crippen LogP contribution in [-0.2, 0) is 9.53 Å². The summed E-state index contributed by atoms with van der Waals surface area (Å²) in [7, 11) is 0. The Balaban J connectivity index is 2.03. The molecule has 1 aromatic rings. The minimum atomic E-state index is -0.450. The quantitative estimate of drug-likeness (QED) is 0.642. The van der Waals surface area contributed by atoms with E-state index in [-0.39, 0.29) is 17.9 Å². The molecule has 2 rings (SSSR count). The van der Waals surface area contributed by atoms with Gasteiger partial charge in [-0.3, -0.25) is 4.79 Å². The van der Waals surface area contributed by atoms with E-state index < -0.39 is 5.60 Å². The topological polar surface area (TPSA) is 77.2 Å². The summed E-state index contributed by atoms with van der Waals surface area (Å²) in [6.07, 6.45) is 6.27. The Kier molecular flexibility index (Phi) is 5.74. The van der Waals surface area contributed by atoms with Gasteiger partial charge >= 0.3 is 5.97 Å². The third-order valence-corrected chi connectivity index (χ3v) is 4.10. The number of pyridine rings is 1. The van der Waals surface area contributed by atoms with Gasteiger partial charge in [0.15, 0.2) is 0 Å². The van der Waals surface area contributed by atoms with E-state index in [1.165, 1.54) is 0 Å². The molecule has 1 heterocycles. The number of carbonyl (C=O) groups excluding carboxylic acids is 1. The van der Waals surface area contributed by atoms with E-state index >= 15 is 0 Å². The number of carbonyl (C=O) groups is 1. The highest BCUT2D eigenvalue weighted by Crippen LogP contribution is 2.29. The first-order chi connectivity index (χ1) is 10.7. The van der Waals surface area contributed by atoms with E-state index in [0.717, 1.165) is 32.1 Å². The standard InChI is InChI=1S/C17H26ClN3O2/c1-17(2,3)23-16(22)11-6-4-5-7-13(8-11)21-15-14(19)9-12(18)10-20-15/h9-11,13H,4-8,19H2,1-3H3,(H,20,21)/t11-,13-/m0/s1. The molecule has 0 spiro atoms. The SMILES string of the molecule is CC(C)(C)OC(=O)[C@H]1CCCC[C@H](Nc2ncc(Cl)cc2N)C1. The second kappa shape index (κ2) is 7.39. The van der Waals surface area contributed by atoms with Crippen molar-refractivity contribution in [2.45, 2.75) is 64.5 Å². The molecule has 1 saturated carbocycles. The molecule has 1 aromatic heterocycles. The largest absolute Gasteiger partial charge is 0.460 e. The average molecular weight is 340 g/mol. The summed E-state index contributed by atoms with van der Waals surface area (Å²) in [4.78, 5) is 16.6. The van der Waals surface area contributed by atoms with Crippen molar-refractivity contribution in [3.63, 3.8) is 0 Å². The molecular weight excluding hydrogens is 314 g/mol. The smallest absolute Gasteiger partial charge is 0.309 e. The number of rotatable bonds is 3. The van der Waals surface area contributed by atoms with Crippen molar-refractivity contribution in [2.24, 2.45) is 5.92 Å². The van der Waals surface area contributed by atoms with E-state index in [9.17, 15) is 4.79 Å². The highest BCUT2D eigenvalue weighted by Gasteiger charge is 2.29. The van der Waals surface area contributed by atoms with Crippen molar-refractivity contribution in [1.29, 1.82) is 0 Å². The fourth-order valence-corrected chi connectivity index (χ4v) is 3.03. The number of nitrogens with one attached hydrogen (secondary N) is 1. The van der Waals surface area contributed by atoms with E-state index in [0.29, 0.717) is 16.5 Å². The zero-order valence-electron chi connectivity index (χ0n) is 14.1. The van der Waals surface area contributed by atoms with Gasteiger partial charge in [-0.15, -0.1) is 0 Å². The Morgan fingerprint density at radius 2 is 2.09 bits per heavy atom. The summed E-state index contributed by atoms with van der Waals surface area (Å²) in [5.41, 5.74) is 6.03. The number of halogens is 1. The molecule has 0 amide bonds. The number of nitrogens with zero attached hydrogens (tertiary/aromatic N) is 1. The molecule has 23 heavy (non-hydrogen) atoms. The summed E-state index contributed by atoms with van der Waals surface area (Å²) in [5, 5.41) is 3.88. The number of esters is 1. The van der Waals surface area contributed by atoms with Crippen molar-refractivity contribution in [2.75, 3.05) is 11.1 Å². The minimum absolute atomic E-state index is 0.0808. The Bertz CT molecular complexity index is 557. The number of anilines is 2. The number of nitrogens with two attached hydrogens (primary N) is 1. The molecule has 3 N–H and O–H groups in total. The molecule has 0 radical (unpaired) electrons. The van der Waals surface area contributed by atoms with Gasteiger partial charge in [-0.25, -0.2) is 4.98 Å². The number of ether oxygens (including phenoxy) is 1. The fraction of sp³-hybridized carbons (Fsp3) is 0.647. The van der Waals surface area contributed by atoms with Crippen LogP contribution in [0.2, 0.25) is 5.02 Å². The van der Waals surface area contributed by atoms with Gasteiger partial charge in [-0.1, -0.05) is 24.4 Å². The van der Waals surface area contributed by atoms with Gasteiger partial charge in [0, 0.05) is 12.2 Å². The van der Waals surface area contributed by atoms with Gasteiger partial charge in [-0.2, -0.15) is 0 Å². The van der Waals surface area contributed by atoms with Gasteiger partial charge in [0.25, 0.3) is 0 Å². The maximum atomic E-state index is 12.4. The van der Waals surface area contributed by atoms with Crippen molar-refractivity contribution in [3.8, 4) is 0 Å². The monoisotopic (exact) mass is 339 g/mol. The van der Waals surface area contributed by atoms with E-state index in [1.807, 2.05) is 20.8 Å². The summed E-state index contributed by atoms with van der Waals surface area (Å²) >= 11 is 5.88. The molecule has 1 aliphatic carbocycles. The third-order valence-electron chi connectivity index (χ3n) is 3.89. The van der Waals surface area contributed by atoms with E-state index in [1.54, 1.807) is 12.3 Å². The van der Waals surface area contributed by atoms with Crippen molar-refractivity contribution in [1.82, 2.24) is 4.98 Å². The van der Waals surface area contributed by atoms with Crippen LogP contribution in [-0.4, -0.2) is 22.6 Å². The predicted molar refractivity (Wildman–Crippen MR) is 93.5 cm³/mol. The first kappa shape index (κ1) is 17.9. The lowest BCUT2D eigenvalue weighted by atomic mass is 9.97. The zero-order valence-corrected chi connectivity index (χ0v) is 14.8. The minimum Gasteiger partial charge on any atom is -0.460 e. The Morgan fingerprint density at radius 3 is 2.74 bits per heavy atom. The molecule has 5 nitrogen and oxygen atoms in total. The Labute approximate surface area is 142 Å². The first-order valence-electron chi connectivity index (χ1n) is 8.15.